The van der Waals surface area contributed by atoms with Crippen LogP contribution in [0.1, 0.15) is 11.1 Å². The number of hydrogen-bond acceptors (Lipinski definition) is 4. The van der Waals surface area contributed by atoms with Crippen molar-refractivity contribution in [2.24, 2.45) is 5.73 Å². The number of sulfonamides is 1. The normalized spacial score (nSPS) is 11.3. The molecule has 3 aromatic rings. The van der Waals surface area contributed by atoms with E-state index >= 15 is 0 Å². The lowest BCUT2D eigenvalue weighted by molar-refractivity contribution is -0.117. The first kappa shape index (κ1) is 23.1. The zero-order chi connectivity index (χ0) is 23.1. The zero-order valence-electron chi connectivity index (χ0n) is 17.1. The number of nitrogens with zero attached hydrogens (tertiary/aromatic N) is 1. The Kier molecular flexibility index (Phi) is 7.34. The number of primary amides is 1. The fraction of sp³-hybridized carbons (Fsp3) is 0.130. The average molecular weight is 456 g/mol. The van der Waals surface area contributed by atoms with Gasteiger partial charge in [-0.25, -0.2) is 12.8 Å². The number of rotatable bonds is 9. The Bertz CT molecular complexity index is 1180. The van der Waals surface area contributed by atoms with E-state index in [-0.39, 0.29) is 17.9 Å². The lowest BCUT2D eigenvalue weighted by atomic mass is 10.1. The van der Waals surface area contributed by atoms with E-state index in [0.29, 0.717) is 16.8 Å². The molecule has 0 atom stereocenters. The van der Waals surface area contributed by atoms with Gasteiger partial charge in [0.2, 0.25) is 21.8 Å². The Hall–Kier alpha value is -3.56. The first-order chi connectivity index (χ1) is 15.2. The van der Waals surface area contributed by atoms with Gasteiger partial charge in [0.15, 0.2) is 0 Å². The van der Waals surface area contributed by atoms with E-state index in [9.17, 15) is 22.4 Å². The largest absolute Gasteiger partial charge is 0.369 e. The molecule has 7 nitrogen and oxygen atoms in total. The van der Waals surface area contributed by atoms with Crippen LogP contribution in [0.2, 0.25) is 0 Å². The van der Waals surface area contributed by atoms with Crippen LogP contribution >= 0.6 is 0 Å². The fourth-order valence-corrected chi connectivity index (χ4v) is 4.42. The molecule has 0 saturated carbocycles. The van der Waals surface area contributed by atoms with Crippen molar-refractivity contribution in [3.63, 3.8) is 0 Å². The van der Waals surface area contributed by atoms with Crippen molar-refractivity contribution in [2.75, 3.05) is 11.9 Å². The molecule has 3 aromatic carbocycles. The van der Waals surface area contributed by atoms with E-state index in [2.05, 4.69) is 5.32 Å². The van der Waals surface area contributed by atoms with Crippen LogP contribution < -0.4 is 11.1 Å². The van der Waals surface area contributed by atoms with Crippen molar-refractivity contribution in [2.45, 2.75) is 17.9 Å². The number of halogens is 1. The molecule has 0 saturated heterocycles. The minimum Gasteiger partial charge on any atom is -0.369 e. The maximum absolute atomic E-state index is 13.3. The van der Waals surface area contributed by atoms with Gasteiger partial charge in [0, 0.05) is 12.2 Å². The van der Waals surface area contributed by atoms with Crippen molar-refractivity contribution >= 4 is 27.5 Å². The van der Waals surface area contributed by atoms with Gasteiger partial charge >= 0.3 is 0 Å². The summed E-state index contributed by atoms with van der Waals surface area (Å²) in [4.78, 5) is 23.5. The molecule has 0 aliphatic rings. The SMILES string of the molecule is NC(=O)Cc1ccc(NC(=O)CN(Cc2ccccc2)S(=O)(=O)c2ccc(F)cc2)cc1. The van der Waals surface area contributed by atoms with E-state index in [1.807, 2.05) is 0 Å². The molecule has 0 bridgehead atoms. The quantitative estimate of drug-likeness (QED) is 0.517. The fourth-order valence-electron chi connectivity index (χ4n) is 3.04. The maximum atomic E-state index is 13.3. The van der Waals surface area contributed by atoms with Crippen molar-refractivity contribution in [1.82, 2.24) is 4.31 Å². The Morgan fingerprint density at radius 2 is 1.50 bits per heavy atom. The second-order valence-electron chi connectivity index (χ2n) is 7.10. The Morgan fingerprint density at radius 1 is 0.875 bits per heavy atom. The highest BCUT2D eigenvalue weighted by molar-refractivity contribution is 7.89. The predicted molar refractivity (Wildman–Crippen MR) is 118 cm³/mol. The second-order valence-corrected chi connectivity index (χ2v) is 9.04. The number of nitrogens with two attached hydrogens (primary N) is 1. The molecule has 0 aromatic heterocycles. The molecular formula is C23H22FN3O4S. The van der Waals surface area contributed by atoms with Gasteiger partial charge < -0.3 is 11.1 Å². The number of nitrogens with one attached hydrogen (secondary N) is 1. The van der Waals surface area contributed by atoms with E-state index in [1.54, 1.807) is 54.6 Å². The lowest BCUT2D eigenvalue weighted by Gasteiger charge is -2.22. The van der Waals surface area contributed by atoms with Crippen LogP contribution in [-0.2, 0) is 32.6 Å². The summed E-state index contributed by atoms with van der Waals surface area (Å²) >= 11 is 0. The molecular weight excluding hydrogens is 433 g/mol. The summed E-state index contributed by atoms with van der Waals surface area (Å²) in [5.41, 5.74) is 7.00. The highest BCUT2D eigenvalue weighted by atomic mass is 32.2. The number of anilines is 1. The summed E-state index contributed by atoms with van der Waals surface area (Å²) in [6.45, 7) is -0.483. The number of benzene rings is 3. The molecule has 3 rings (SSSR count). The van der Waals surface area contributed by atoms with Gasteiger partial charge in [0.25, 0.3) is 0 Å². The van der Waals surface area contributed by atoms with E-state index < -0.39 is 34.2 Å². The molecule has 0 unspecified atom stereocenters. The third-order valence-corrected chi connectivity index (χ3v) is 6.40. The van der Waals surface area contributed by atoms with Crippen molar-refractivity contribution < 1.29 is 22.4 Å². The van der Waals surface area contributed by atoms with Gasteiger partial charge in [-0.3, -0.25) is 9.59 Å². The molecule has 32 heavy (non-hydrogen) atoms. The smallest absolute Gasteiger partial charge is 0.243 e. The summed E-state index contributed by atoms with van der Waals surface area (Å²) in [6, 6.07) is 19.8. The average Bonchev–Trinajstić information content (AvgIpc) is 2.75. The molecule has 0 aliphatic heterocycles. The summed E-state index contributed by atoms with van der Waals surface area (Å²) in [5.74, 6) is -1.57. The Balaban J connectivity index is 1.79. The molecule has 0 spiro atoms. The van der Waals surface area contributed by atoms with Gasteiger partial charge in [-0.2, -0.15) is 4.31 Å². The highest BCUT2D eigenvalue weighted by Crippen LogP contribution is 2.19. The van der Waals surface area contributed by atoms with E-state index in [1.165, 1.54) is 0 Å². The molecule has 0 heterocycles. The van der Waals surface area contributed by atoms with Crippen LogP contribution in [0.3, 0.4) is 0 Å². The van der Waals surface area contributed by atoms with Gasteiger partial charge in [0.05, 0.1) is 17.9 Å². The number of amides is 2. The zero-order valence-corrected chi connectivity index (χ0v) is 17.9. The van der Waals surface area contributed by atoms with Gasteiger partial charge in [-0.15, -0.1) is 0 Å². The molecule has 9 heteroatoms. The minimum absolute atomic E-state index is 0.0362. The molecule has 2 amide bonds. The third-order valence-electron chi connectivity index (χ3n) is 4.59. The first-order valence-electron chi connectivity index (χ1n) is 9.71. The van der Waals surface area contributed by atoms with Crippen LogP contribution in [0.5, 0.6) is 0 Å². The van der Waals surface area contributed by atoms with Crippen LogP contribution in [0.15, 0.2) is 83.8 Å². The van der Waals surface area contributed by atoms with Crippen LogP contribution in [-0.4, -0.2) is 31.1 Å². The highest BCUT2D eigenvalue weighted by Gasteiger charge is 2.27. The predicted octanol–water partition coefficient (Wildman–Crippen LogP) is 2.68. The van der Waals surface area contributed by atoms with Crippen molar-refractivity contribution in [3.8, 4) is 0 Å². The lowest BCUT2D eigenvalue weighted by Crippen LogP contribution is -2.37. The summed E-state index contributed by atoms with van der Waals surface area (Å²) in [5, 5.41) is 2.65. The van der Waals surface area contributed by atoms with Gasteiger partial charge in [0.1, 0.15) is 5.82 Å². The Labute approximate surface area is 185 Å². The van der Waals surface area contributed by atoms with Crippen LogP contribution in [0.25, 0.3) is 0 Å². The molecule has 3 N–H and O–H groups in total. The number of carbonyl (C=O) groups is 2. The van der Waals surface area contributed by atoms with Crippen molar-refractivity contribution in [1.29, 1.82) is 0 Å². The molecule has 0 radical (unpaired) electrons. The summed E-state index contributed by atoms with van der Waals surface area (Å²) in [7, 11) is -4.07. The van der Waals surface area contributed by atoms with Crippen LogP contribution in [0.4, 0.5) is 10.1 Å². The minimum atomic E-state index is -4.07. The molecule has 0 aliphatic carbocycles. The maximum Gasteiger partial charge on any atom is 0.243 e. The number of carbonyl (C=O) groups excluding carboxylic acids is 2. The molecule has 166 valence electrons. The Morgan fingerprint density at radius 3 is 2.09 bits per heavy atom. The van der Waals surface area contributed by atoms with Crippen LogP contribution in [0, 0.1) is 5.82 Å². The third kappa shape index (κ3) is 6.22. The van der Waals surface area contributed by atoms with Crippen molar-refractivity contribution in [3.05, 3.63) is 95.8 Å². The van der Waals surface area contributed by atoms with E-state index in [4.69, 9.17) is 5.73 Å². The topological polar surface area (TPSA) is 110 Å². The summed E-state index contributed by atoms with van der Waals surface area (Å²) < 4.78 is 40.6. The van der Waals surface area contributed by atoms with Gasteiger partial charge in [-0.1, -0.05) is 42.5 Å². The first-order valence-corrected chi connectivity index (χ1v) is 11.1. The molecule has 0 fully saturated rings. The van der Waals surface area contributed by atoms with Gasteiger partial charge in [-0.05, 0) is 47.5 Å². The monoisotopic (exact) mass is 455 g/mol. The number of hydrogen-bond donors (Lipinski definition) is 2. The summed E-state index contributed by atoms with van der Waals surface area (Å²) in [6.07, 6.45) is 0.0784. The standard InChI is InChI=1S/C23H22FN3O4S/c24-19-8-12-21(13-9-19)32(30,31)27(15-18-4-2-1-3-5-18)16-23(29)26-20-10-6-17(7-11-20)14-22(25)28/h1-13H,14-16H2,(H2,25,28)(H,26,29). The van der Waals surface area contributed by atoms with E-state index in [0.717, 1.165) is 28.6 Å². The second kappa shape index (κ2) is 10.2.